The highest BCUT2D eigenvalue weighted by Crippen LogP contribution is 2.10. The van der Waals surface area contributed by atoms with Crippen molar-refractivity contribution in [1.82, 2.24) is 15.3 Å². The molecule has 1 aliphatic heterocycles. The molecular weight excluding hydrogens is 242 g/mol. The minimum atomic E-state index is -0.0838. The van der Waals surface area contributed by atoms with Gasteiger partial charge in [-0.15, -0.1) is 0 Å². The van der Waals surface area contributed by atoms with Crippen molar-refractivity contribution < 1.29 is 4.74 Å². The Labute approximate surface area is 111 Å². The van der Waals surface area contributed by atoms with Gasteiger partial charge in [-0.3, -0.25) is 4.79 Å². The third kappa shape index (κ3) is 2.83. The number of hydrogen-bond acceptors (Lipinski definition) is 4. The van der Waals surface area contributed by atoms with Crippen molar-refractivity contribution in [2.75, 3.05) is 13.2 Å². The van der Waals surface area contributed by atoms with E-state index < -0.39 is 0 Å². The fourth-order valence-electron chi connectivity index (χ4n) is 2.38. The van der Waals surface area contributed by atoms with Gasteiger partial charge in [-0.05, 0) is 25.0 Å². The lowest BCUT2D eigenvalue weighted by molar-refractivity contribution is 0.110. The molecule has 1 aromatic carbocycles. The summed E-state index contributed by atoms with van der Waals surface area (Å²) in [6, 6.07) is 7.37. The number of hydrogen-bond donors (Lipinski definition) is 2. The molecule has 1 aliphatic rings. The van der Waals surface area contributed by atoms with Crippen LogP contribution in [0.4, 0.5) is 0 Å². The number of aromatic nitrogens is 2. The first-order chi connectivity index (χ1) is 9.33. The summed E-state index contributed by atoms with van der Waals surface area (Å²) in [5.41, 5.74) is 0.652. The zero-order chi connectivity index (χ0) is 13.1. The van der Waals surface area contributed by atoms with Crippen LogP contribution in [0, 0.1) is 0 Å². The summed E-state index contributed by atoms with van der Waals surface area (Å²) in [5, 5.41) is 3.91. The monoisotopic (exact) mass is 259 g/mol. The second-order valence-corrected chi connectivity index (χ2v) is 4.80. The molecule has 0 saturated carbocycles. The number of rotatable bonds is 4. The third-order valence-electron chi connectivity index (χ3n) is 3.35. The number of ether oxygens (including phenoxy) is 1. The largest absolute Gasteiger partial charge is 0.377 e. The van der Waals surface area contributed by atoms with Crippen LogP contribution in [0.1, 0.15) is 18.7 Å². The van der Waals surface area contributed by atoms with E-state index in [1.165, 1.54) is 0 Å². The maximum absolute atomic E-state index is 11.9. The quantitative estimate of drug-likeness (QED) is 0.865. The fourth-order valence-corrected chi connectivity index (χ4v) is 2.38. The predicted molar refractivity (Wildman–Crippen MR) is 73.0 cm³/mol. The Morgan fingerprint density at radius 3 is 3.16 bits per heavy atom. The predicted octanol–water partition coefficient (Wildman–Crippen LogP) is 1.19. The zero-order valence-corrected chi connectivity index (χ0v) is 10.7. The lowest BCUT2D eigenvalue weighted by atomic mass is 10.2. The Hall–Kier alpha value is -1.72. The highest BCUT2D eigenvalue weighted by Gasteiger charge is 2.14. The van der Waals surface area contributed by atoms with Crippen LogP contribution >= 0.6 is 0 Å². The Kier molecular flexibility index (Phi) is 3.57. The van der Waals surface area contributed by atoms with E-state index in [4.69, 9.17) is 4.74 Å². The Bertz CT molecular complexity index is 617. The van der Waals surface area contributed by atoms with Crippen LogP contribution in [-0.4, -0.2) is 29.2 Å². The molecule has 0 aliphatic carbocycles. The first-order valence-electron chi connectivity index (χ1n) is 6.63. The molecule has 0 spiro atoms. The van der Waals surface area contributed by atoms with E-state index >= 15 is 0 Å². The van der Waals surface area contributed by atoms with E-state index in [2.05, 4.69) is 15.3 Å². The second-order valence-electron chi connectivity index (χ2n) is 4.80. The Morgan fingerprint density at radius 2 is 2.32 bits per heavy atom. The number of para-hydroxylation sites is 1. The van der Waals surface area contributed by atoms with Crippen molar-refractivity contribution in [1.29, 1.82) is 0 Å². The van der Waals surface area contributed by atoms with E-state index in [0.29, 0.717) is 23.9 Å². The molecule has 1 fully saturated rings. The molecule has 5 heteroatoms. The molecule has 1 atom stereocenters. The van der Waals surface area contributed by atoms with Gasteiger partial charge in [0.15, 0.2) is 0 Å². The van der Waals surface area contributed by atoms with Crippen LogP contribution in [0.25, 0.3) is 10.9 Å². The van der Waals surface area contributed by atoms with Gasteiger partial charge >= 0.3 is 0 Å². The molecule has 3 rings (SSSR count). The highest BCUT2D eigenvalue weighted by atomic mass is 16.5. The van der Waals surface area contributed by atoms with Crippen molar-refractivity contribution in [3.63, 3.8) is 0 Å². The van der Waals surface area contributed by atoms with Crippen LogP contribution in [-0.2, 0) is 11.3 Å². The van der Waals surface area contributed by atoms with Gasteiger partial charge < -0.3 is 15.0 Å². The van der Waals surface area contributed by atoms with E-state index in [1.807, 2.05) is 18.2 Å². The summed E-state index contributed by atoms with van der Waals surface area (Å²) in [4.78, 5) is 19.1. The summed E-state index contributed by atoms with van der Waals surface area (Å²) < 4.78 is 5.53. The Morgan fingerprint density at radius 1 is 1.42 bits per heavy atom. The minimum Gasteiger partial charge on any atom is -0.377 e. The topological polar surface area (TPSA) is 67.0 Å². The SMILES string of the molecule is O=c1[nH]c(CNCC2CCCO2)nc2ccccc12. The van der Waals surface area contributed by atoms with E-state index in [1.54, 1.807) is 6.07 Å². The van der Waals surface area contributed by atoms with E-state index in [0.717, 1.165) is 31.5 Å². The highest BCUT2D eigenvalue weighted by molar-refractivity contribution is 5.77. The van der Waals surface area contributed by atoms with Gasteiger partial charge in [0.05, 0.1) is 23.6 Å². The zero-order valence-electron chi connectivity index (χ0n) is 10.7. The van der Waals surface area contributed by atoms with Crippen molar-refractivity contribution >= 4 is 10.9 Å². The van der Waals surface area contributed by atoms with Gasteiger partial charge in [0.25, 0.3) is 5.56 Å². The van der Waals surface area contributed by atoms with E-state index in [9.17, 15) is 4.79 Å². The number of H-pyrrole nitrogens is 1. The fraction of sp³-hybridized carbons (Fsp3) is 0.429. The van der Waals surface area contributed by atoms with Crippen LogP contribution in [0.5, 0.6) is 0 Å². The van der Waals surface area contributed by atoms with Crippen molar-refractivity contribution in [3.05, 3.63) is 40.4 Å². The van der Waals surface area contributed by atoms with Crippen LogP contribution in [0.15, 0.2) is 29.1 Å². The summed E-state index contributed by atoms with van der Waals surface area (Å²) in [5.74, 6) is 0.668. The molecule has 19 heavy (non-hydrogen) atoms. The normalized spacial score (nSPS) is 19.1. The molecule has 2 heterocycles. The molecule has 1 unspecified atom stereocenters. The average molecular weight is 259 g/mol. The van der Waals surface area contributed by atoms with Gasteiger partial charge in [-0.2, -0.15) is 0 Å². The second kappa shape index (κ2) is 5.50. The molecular formula is C14H17N3O2. The van der Waals surface area contributed by atoms with Gasteiger partial charge in [-0.25, -0.2) is 4.98 Å². The molecule has 1 saturated heterocycles. The van der Waals surface area contributed by atoms with Crippen LogP contribution < -0.4 is 10.9 Å². The maximum Gasteiger partial charge on any atom is 0.258 e. The summed E-state index contributed by atoms with van der Waals surface area (Å²) in [7, 11) is 0. The molecule has 0 radical (unpaired) electrons. The summed E-state index contributed by atoms with van der Waals surface area (Å²) in [6.45, 7) is 2.22. The van der Waals surface area contributed by atoms with Crippen LogP contribution in [0.3, 0.4) is 0 Å². The van der Waals surface area contributed by atoms with Gasteiger partial charge in [0.2, 0.25) is 0 Å². The number of nitrogens with one attached hydrogen (secondary N) is 2. The van der Waals surface area contributed by atoms with Gasteiger partial charge in [-0.1, -0.05) is 12.1 Å². The molecule has 2 N–H and O–H groups in total. The summed E-state index contributed by atoms with van der Waals surface area (Å²) in [6.07, 6.45) is 2.54. The number of nitrogens with zero attached hydrogens (tertiary/aromatic N) is 1. The Balaban J connectivity index is 1.69. The smallest absolute Gasteiger partial charge is 0.258 e. The third-order valence-corrected chi connectivity index (χ3v) is 3.35. The molecule has 2 aromatic rings. The molecule has 0 bridgehead atoms. The summed E-state index contributed by atoms with van der Waals surface area (Å²) >= 11 is 0. The van der Waals surface area contributed by atoms with E-state index in [-0.39, 0.29) is 5.56 Å². The molecule has 0 amide bonds. The lowest BCUT2D eigenvalue weighted by Crippen LogP contribution is -2.27. The average Bonchev–Trinajstić information content (AvgIpc) is 2.92. The minimum absolute atomic E-state index is 0.0838. The van der Waals surface area contributed by atoms with Crippen molar-refractivity contribution in [2.24, 2.45) is 0 Å². The number of benzene rings is 1. The van der Waals surface area contributed by atoms with Crippen molar-refractivity contribution in [2.45, 2.75) is 25.5 Å². The first-order valence-corrected chi connectivity index (χ1v) is 6.63. The first kappa shape index (κ1) is 12.3. The molecule has 1 aromatic heterocycles. The standard InChI is InChI=1S/C14H17N3O2/c18-14-11-5-1-2-6-12(11)16-13(17-14)9-15-8-10-4-3-7-19-10/h1-2,5-6,10,15H,3-4,7-9H2,(H,16,17,18). The van der Waals surface area contributed by atoms with Gasteiger partial charge in [0.1, 0.15) is 5.82 Å². The van der Waals surface area contributed by atoms with Crippen molar-refractivity contribution in [3.8, 4) is 0 Å². The maximum atomic E-state index is 11.9. The molecule has 5 nitrogen and oxygen atoms in total. The number of aromatic amines is 1. The number of fused-ring (bicyclic) bond motifs is 1. The lowest BCUT2D eigenvalue weighted by Gasteiger charge is -2.10. The van der Waals surface area contributed by atoms with Gasteiger partial charge in [0, 0.05) is 13.2 Å². The van der Waals surface area contributed by atoms with Crippen LogP contribution in [0.2, 0.25) is 0 Å². The molecule has 100 valence electrons.